The van der Waals surface area contributed by atoms with Crippen LogP contribution in [0.1, 0.15) is 22.5 Å². The molecule has 110 valence electrons. The molecule has 1 aliphatic rings. The van der Waals surface area contributed by atoms with Crippen molar-refractivity contribution >= 4 is 11.3 Å². The summed E-state index contributed by atoms with van der Waals surface area (Å²) in [5.41, 5.74) is 6.53. The number of benzene rings is 1. The highest BCUT2D eigenvalue weighted by atomic mass is 32.1. The highest BCUT2D eigenvalue weighted by Crippen LogP contribution is 2.37. The van der Waals surface area contributed by atoms with Crippen LogP contribution < -0.4 is 4.74 Å². The SMILES string of the molecule is Cc1cc2c(n1Cc1ccccc1)CCc1ccc(=O)sc1-2. The number of aryl methyl sites for hydroxylation is 2. The van der Waals surface area contributed by atoms with Crippen LogP contribution in [0, 0.1) is 6.92 Å². The maximum Gasteiger partial charge on any atom is 0.232 e. The normalized spacial score (nSPS) is 12.8. The predicted molar refractivity (Wildman–Crippen MR) is 91.7 cm³/mol. The van der Waals surface area contributed by atoms with Crippen LogP contribution in [-0.2, 0) is 19.4 Å². The third kappa shape index (κ3) is 2.22. The lowest BCUT2D eigenvalue weighted by molar-refractivity contribution is 0.710. The molecule has 2 aromatic heterocycles. The third-order valence-electron chi connectivity index (χ3n) is 4.39. The molecule has 0 radical (unpaired) electrons. The molecule has 0 amide bonds. The molecular formula is C19H17NOS. The molecular weight excluding hydrogens is 290 g/mol. The minimum absolute atomic E-state index is 0.139. The van der Waals surface area contributed by atoms with E-state index in [1.807, 2.05) is 6.07 Å². The molecule has 0 saturated carbocycles. The smallest absolute Gasteiger partial charge is 0.232 e. The summed E-state index contributed by atoms with van der Waals surface area (Å²) in [6, 6.07) is 16.5. The Balaban J connectivity index is 1.83. The summed E-state index contributed by atoms with van der Waals surface area (Å²) in [5, 5.41) is 0. The minimum atomic E-state index is 0.139. The van der Waals surface area contributed by atoms with E-state index in [1.165, 1.54) is 44.3 Å². The molecule has 22 heavy (non-hydrogen) atoms. The average Bonchev–Trinajstić information content (AvgIpc) is 2.85. The Hall–Kier alpha value is -2.13. The van der Waals surface area contributed by atoms with Crippen LogP contribution in [0.15, 0.2) is 53.3 Å². The Morgan fingerprint density at radius 3 is 2.73 bits per heavy atom. The van der Waals surface area contributed by atoms with Crippen molar-refractivity contribution in [3.63, 3.8) is 0 Å². The number of aromatic nitrogens is 1. The summed E-state index contributed by atoms with van der Waals surface area (Å²) in [5.74, 6) is 0. The van der Waals surface area contributed by atoms with Gasteiger partial charge < -0.3 is 4.57 Å². The van der Waals surface area contributed by atoms with Crippen molar-refractivity contribution in [2.75, 3.05) is 0 Å². The molecule has 2 heterocycles. The second-order valence-electron chi connectivity index (χ2n) is 5.83. The highest BCUT2D eigenvalue weighted by molar-refractivity contribution is 7.13. The van der Waals surface area contributed by atoms with E-state index in [0.717, 1.165) is 19.4 Å². The fraction of sp³-hybridized carbons (Fsp3) is 0.211. The molecule has 0 N–H and O–H groups in total. The van der Waals surface area contributed by atoms with Crippen LogP contribution in [0.4, 0.5) is 0 Å². The Bertz CT molecular complexity index is 890. The van der Waals surface area contributed by atoms with Crippen LogP contribution in [-0.4, -0.2) is 4.57 Å². The fourth-order valence-corrected chi connectivity index (χ4v) is 4.23. The van der Waals surface area contributed by atoms with Crippen LogP contribution in [0.2, 0.25) is 0 Å². The molecule has 0 aliphatic heterocycles. The van der Waals surface area contributed by atoms with E-state index >= 15 is 0 Å². The number of hydrogen-bond donors (Lipinski definition) is 0. The van der Waals surface area contributed by atoms with E-state index in [9.17, 15) is 4.79 Å². The lowest BCUT2D eigenvalue weighted by Gasteiger charge is -2.19. The Labute approximate surface area is 133 Å². The van der Waals surface area contributed by atoms with E-state index in [0.29, 0.717) is 0 Å². The van der Waals surface area contributed by atoms with Gasteiger partial charge in [0.25, 0.3) is 0 Å². The molecule has 3 heteroatoms. The maximum atomic E-state index is 11.7. The van der Waals surface area contributed by atoms with Gasteiger partial charge in [0.2, 0.25) is 4.74 Å². The van der Waals surface area contributed by atoms with Crippen LogP contribution in [0.25, 0.3) is 10.4 Å². The van der Waals surface area contributed by atoms with Crippen molar-refractivity contribution < 1.29 is 0 Å². The topological polar surface area (TPSA) is 22.0 Å². The zero-order chi connectivity index (χ0) is 15.1. The van der Waals surface area contributed by atoms with Gasteiger partial charge in [0.15, 0.2) is 0 Å². The predicted octanol–water partition coefficient (Wildman–Crippen LogP) is 4.03. The van der Waals surface area contributed by atoms with Crippen molar-refractivity contribution in [3.8, 4) is 10.4 Å². The fourth-order valence-electron chi connectivity index (χ4n) is 3.30. The second-order valence-corrected chi connectivity index (χ2v) is 6.84. The van der Waals surface area contributed by atoms with E-state index in [4.69, 9.17) is 0 Å². The van der Waals surface area contributed by atoms with Gasteiger partial charge in [-0.25, -0.2) is 0 Å². The zero-order valence-corrected chi connectivity index (χ0v) is 13.3. The lowest BCUT2D eigenvalue weighted by Crippen LogP contribution is -2.11. The summed E-state index contributed by atoms with van der Waals surface area (Å²) in [4.78, 5) is 12.9. The first kappa shape index (κ1) is 13.5. The molecule has 0 bridgehead atoms. The molecule has 0 saturated heterocycles. The van der Waals surface area contributed by atoms with Gasteiger partial charge in [-0.15, -0.1) is 0 Å². The number of nitrogens with zero attached hydrogens (tertiary/aromatic N) is 1. The summed E-state index contributed by atoms with van der Waals surface area (Å²) in [6.45, 7) is 3.06. The molecule has 0 atom stereocenters. The number of hydrogen-bond acceptors (Lipinski definition) is 2. The Morgan fingerprint density at radius 2 is 1.91 bits per heavy atom. The van der Waals surface area contributed by atoms with Gasteiger partial charge in [-0.05, 0) is 43.0 Å². The molecule has 2 nitrogen and oxygen atoms in total. The molecule has 3 aromatic rings. The van der Waals surface area contributed by atoms with Crippen molar-refractivity contribution in [2.24, 2.45) is 0 Å². The van der Waals surface area contributed by atoms with E-state index in [2.05, 4.69) is 47.9 Å². The van der Waals surface area contributed by atoms with Gasteiger partial charge >= 0.3 is 0 Å². The monoisotopic (exact) mass is 307 g/mol. The molecule has 0 unspecified atom stereocenters. The number of fused-ring (bicyclic) bond motifs is 3. The van der Waals surface area contributed by atoms with Crippen LogP contribution in [0.3, 0.4) is 0 Å². The van der Waals surface area contributed by atoms with Gasteiger partial charge in [-0.2, -0.15) is 0 Å². The molecule has 1 aliphatic carbocycles. The quantitative estimate of drug-likeness (QED) is 0.700. The zero-order valence-electron chi connectivity index (χ0n) is 12.5. The Morgan fingerprint density at radius 1 is 1.09 bits per heavy atom. The standard InChI is InChI=1S/C19H17NOS/c1-13-11-16-17(20(13)12-14-5-3-2-4-6-14)9-7-15-8-10-18(21)22-19(15)16/h2-6,8,10-11H,7,9,12H2,1H3. The van der Waals surface area contributed by atoms with Gasteiger partial charge in [-0.3, -0.25) is 4.79 Å². The van der Waals surface area contributed by atoms with Crippen molar-refractivity contribution in [1.82, 2.24) is 4.57 Å². The largest absolute Gasteiger partial charge is 0.344 e. The van der Waals surface area contributed by atoms with Crippen molar-refractivity contribution in [3.05, 3.63) is 80.6 Å². The van der Waals surface area contributed by atoms with E-state index in [-0.39, 0.29) is 4.74 Å². The summed E-state index contributed by atoms with van der Waals surface area (Å²) >= 11 is 1.38. The van der Waals surface area contributed by atoms with E-state index < -0.39 is 0 Å². The first-order chi connectivity index (χ1) is 10.7. The van der Waals surface area contributed by atoms with Crippen LogP contribution >= 0.6 is 11.3 Å². The lowest BCUT2D eigenvalue weighted by atomic mass is 9.96. The molecule has 4 rings (SSSR count). The highest BCUT2D eigenvalue weighted by Gasteiger charge is 2.22. The molecule has 0 fully saturated rings. The Kier molecular flexibility index (Phi) is 3.23. The first-order valence-electron chi connectivity index (χ1n) is 7.59. The first-order valence-corrected chi connectivity index (χ1v) is 8.40. The summed E-state index contributed by atoms with van der Waals surface area (Å²) < 4.78 is 2.54. The van der Waals surface area contributed by atoms with Gasteiger partial charge in [-0.1, -0.05) is 47.7 Å². The molecule has 1 aromatic carbocycles. The van der Waals surface area contributed by atoms with Crippen molar-refractivity contribution in [1.29, 1.82) is 0 Å². The summed E-state index contributed by atoms with van der Waals surface area (Å²) in [6.07, 6.45) is 2.07. The number of rotatable bonds is 2. The van der Waals surface area contributed by atoms with Crippen LogP contribution in [0.5, 0.6) is 0 Å². The maximum absolute atomic E-state index is 11.7. The van der Waals surface area contributed by atoms with Gasteiger partial charge in [0, 0.05) is 28.4 Å². The summed E-state index contributed by atoms with van der Waals surface area (Å²) in [7, 11) is 0. The molecule has 0 spiro atoms. The minimum Gasteiger partial charge on any atom is -0.344 e. The van der Waals surface area contributed by atoms with Gasteiger partial charge in [0.1, 0.15) is 0 Å². The second kappa shape index (κ2) is 5.25. The van der Waals surface area contributed by atoms with E-state index in [1.54, 1.807) is 6.07 Å². The van der Waals surface area contributed by atoms with Gasteiger partial charge in [0.05, 0.1) is 0 Å². The third-order valence-corrected chi connectivity index (χ3v) is 5.41. The van der Waals surface area contributed by atoms with Crippen molar-refractivity contribution in [2.45, 2.75) is 26.3 Å². The average molecular weight is 307 g/mol.